The Hall–Kier alpha value is -3.60. The lowest BCUT2D eigenvalue weighted by Crippen LogP contribution is -2.46. The average molecular weight is 534 g/mol. The first-order valence-electron chi connectivity index (χ1n) is 11.9. The minimum atomic E-state index is -0.924. The van der Waals surface area contributed by atoms with Gasteiger partial charge in [0.15, 0.2) is 0 Å². The van der Waals surface area contributed by atoms with Crippen LogP contribution in [0.3, 0.4) is 0 Å². The number of amides is 3. The molecule has 0 aliphatic rings. The van der Waals surface area contributed by atoms with Gasteiger partial charge in [-0.2, -0.15) is 11.3 Å². The van der Waals surface area contributed by atoms with Crippen molar-refractivity contribution in [3.8, 4) is 0 Å². The molecule has 2 aromatic rings. The molecule has 0 aliphatic heterocycles. The third-order valence-corrected chi connectivity index (χ3v) is 5.73. The lowest BCUT2D eigenvalue weighted by Gasteiger charge is -2.23. The van der Waals surface area contributed by atoms with Gasteiger partial charge in [-0.1, -0.05) is 18.2 Å². The van der Waals surface area contributed by atoms with Gasteiger partial charge < -0.3 is 30.2 Å². The van der Waals surface area contributed by atoms with E-state index in [1.807, 2.05) is 22.9 Å². The van der Waals surface area contributed by atoms with Gasteiger partial charge in [-0.25, -0.2) is 9.59 Å². The van der Waals surface area contributed by atoms with Crippen LogP contribution in [0.2, 0.25) is 0 Å². The molecule has 0 fully saturated rings. The Morgan fingerprint density at radius 3 is 2.49 bits per heavy atom. The summed E-state index contributed by atoms with van der Waals surface area (Å²) in [5.41, 5.74) is 1.46. The number of benzene rings is 1. The monoisotopic (exact) mass is 533 g/mol. The van der Waals surface area contributed by atoms with E-state index in [2.05, 4.69) is 16.0 Å². The minimum Gasteiger partial charge on any atom is -0.469 e. The number of hydrogen-bond donors (Lipinski definition) is 3. The van der Waals surface area contributed by atoms with Crippen LogP contribution in [0.25, 0.3) is 0 Å². The second kappa shape index (κ2) is 14.8. The molecule has 202 valence electrons. The summed E-state index contributed by atoms with van der Waals surface area (Å²) >= 11 is 1.52. The fraction of sp³-hybridized carbons (Fsp3) is 0.462. The van der Waals surface area contributed by atoms with Gasteiger partial charge in [0.1, 0.15) is 18.2 Å². The fourth-order valence-electron chi connectivity index (χ4n) is 3.21. The molecule has 10 nitrogen and oxygen atoms in total. The summed E-state index contributed by atoms with van der Waals surface area (Å²) in [5.74, 6) is -0.802. The molecule has 2 rings (SSSR count). The number of anilines is 1. The summed E-state index contributed by atoms with van der Waals surface area (Å²) in [7, 11) is 1.32. The molecule has 37 heavy (non-hydrogen) atoms. The number of carbonyl (C=O) groups is 4. The Bertz CT molecular complexity index is 1040. The standard InChI is InChI=1S/C26H35N3O7S/c1-26(2,3)36-25(33)29-21(10-7-14-27-24(32)35-16-18-13-15-37-17-18)23(31)28-20-9-6-5-8-19(20)11-12-22(30)34-4/h5-6,8-9,13,15,17,21H,7,10-12,14,16H2,1-4H3,(H,27,32)(H,28,31)(H,29,33)/t21-/m0/s1. The highest BCUT2D eigenvalue weighted by atomic mass is 32.1. The Morgan fingerprint density at radius 1 is 1.05 bits per heavy atom. The summed E-state index contributed by atoms with van der Waals surface area (Å²) < 4.78 is 15.2. The highest BCUT2D eigenvalue weighted by Crippen LogP contribution is 2.18. The molecular formula is C26H35N3O7S. The van der Waals surface area contributed by atoms with Gasteiger partial charge in [-0.3, -0.25) is 9.59 Å². The van der Waals surface area contributed by atoms with Crippen LogP contribution in [-0.4, -0.2) is 49.4 Å². The molecule has 0 bridgehead atoms. The van der Waals surface area contributed by atoms with Gasteiger partial charge in [0.25, 0.3) is 0 Å². The Balaban J connectivity index is 1.96. The number of alkyl carbamates (subject to hydrolysis) is 2. The predicted molar refractivity (Wildman–Crippen MR) is 140 cm³/mol. The maximum atomic E-state index is 13.1. The van der Waals surface area contributed by atoms with Crippen molar-refractivity contribution in [1.29, 1.82) is 0 Å². The first kappa shape index (κ1) is 29.6. The topological polar surface area (TPSA) is 132 Å². The third-order valence-electron chi connectivity index (χ3n) is 5.00. The van der Waals surface area contributed by atoms with Crippen molar-refractivity contribution in [3.05, 3.63) is 52.2 Å². The largest absolute Gasteiger partial charge is 0.469 e. The van der Waals surface area contributed by atoms with E-state index in [1.165, 1.54) is 18.4 Å². The summed E-state index contributed by atoms with van der Waals surface area (Å²) in [6.45, 7) is 5.61. The van der Waals surface area contributed by atoms with E-state index < -0.39 is 29.7 Å². The van der Waals surface area contributed by atoms with Crippen molar-refractivity contribution in [2.24, 2.45) is 0 Å². The fourth-order valence-corrected chi connectivity index (χ4v) is 3.86. The van der Waals surface area contributed by atoms with Crippen molar-refractivity contribution < 1.29 is 33.4 Å². The van der Waals surface area contributed by atoms with E-state index in [4.69, 9.17) is 14.2 Å². The molecule has 3 amide bonds. The van der Waals surface area contributed by atoms with Crippen molar-refractivity contribution in [3.63, 3.8) is 0 Å². The zero-order valence-corrected chi connectivity index (χ0v) is 22.4. The number of esters is 1. The van der Waals surface area contributed by atoms with Crippen LogP contribution in [-0.2, 0) is 36.8 Å². The number of rotatable bonds is 12. The van der Waals surface area contributed by atoms with E-state index in [0.717, 1.165) is 11.1 Å². The lowest BCUT2D eigenvalue weighted by molar-refractivity contribution is -0.140. The Labute approximate surface area is 221 Å². The molecule has 1 atom stereocenters. The summed E-state index contributed by atoms with van der Waals surface area (Å²) in [6.07, 6.45) is -0.116. The van der Waals surface area contributed by atoms with Crippen LogP contribution in [0.4, 0.5) is 15.3 Å². The SMILES string of the molecule is COC(=O)CCc1ccccc1NC(=O)[C@H](CCCNC(=O)OCc1ccsc1)NC(=O)OC(C)(C)C. The van der Waals surface area contributed by atoms with E-state index >= 15 is 0 Å². The van der Waals surface area contributed by atoms with Gasteiger partial charge in [-0.15, -0.1) is 0 Å². The first-order valence-corrected chi connectivity index (χ1v) is 12.9. The molecule has 1 aromatic heterocycles. The molecule has 1 aromatic carbocycles. The number of methoxy groups -OCH3 is 1. The van der Waals surface area contributed by atoms with Crippen molar-refractivity contribution in [2.45, 2.75) is 64.7 Å². The van der Waals surface area contributed by atoms with Crippen LogP contribution < -0.4 is 16.0 Å². The maximum Gasteiger partial charge on any atom is 0.408 e. The average Bonchev–Trinajstić information content (AvgIpc) is 3.36. The van der Waals surface area contributed by atoms with Crippen LogP contribution in [0.1, 0.15) is 51.2 Å². The van der Waals surface area contributed by atoms with Crippen LogP contribution in [0.5, 0.6) is 0 Å². The number of hydrogen-bond acceptors (Lipinski definition) is 8. The van der Waals surface area contributed by atoms with Gasteiger partial charge in [0, 0.05) is 24.2 Å². The van der Waals surface area contributed by atoms with Crippen LogP contribution in [0, 0.1) is 0 Å². The van der Waals surface area contributed by atoms with Crippen molar-refractivity contribution in [2.75, 3.05) is 19.0 Å². The molecule has 1 heterocycles. The van der Waals surface area contributed by atoms with Crippen molar-refractivity contribution >= 4 is 41.1 Å². The first-order chi connectivity index (χ1) is 17.6. The molecule has 0 radical (unpaired) electrons. The smallest absolute Gasteiger partial charge is 0.408 e. The van der Waals surface area contributed by atoms with Crippen LogP contribution in [0.15, 0.2) is 41.1 Å². The number of ether oxygens (including phenoxy) is 3. The van der Waals surface area contributed by atoms with Gasteiger partial charge >= 0.3 is 18.2 Å². The predicted octanol–water partition coefficient (Wildman–Crippen LogP) is 4.39. The van der Waals surface area contributed by atoms with Crippen molar-refractivity contribution in [1.82, 2.24) is 10.6 Å². The molecule has 11 heteroatoms. The number of para-hydroxylation sites is 1. The molecule has 0 saturated heterocycles. The number of thiophene rings is 1. The zero-order valence-electron chi connectivity index (χ0n) is 21.6. The summed E-state index contributed by atoms with van der Waals surface area (Å²) in [6, 6.07) is 8.05. The molecule has 0 unspecified atom stereocenters. The molecule has 0 saturated carbocycles. The second-order valence-corrected chi connectivity index (χ2v) is 9.98. The molecule has 0 aliphatic carbocycles. The zero-order chi connectivity index (χ0) is 27.3. The highest BCUT2D eigenvalue weighted by molar-refractivity contribution is 7.07. The molecular weight excluding hydrogens is 498 g/mol. The molecule has 0 spiro atoms. The summed E-state index contributed by atoms with van der Waals surface area (Å²) in [5, 5.41) is 11.9. The highest BCUT2D eigenvalue weighted by Gasteiger charge is 2.25. The second-order valence-electron chi connectivity index (χ2n) is 9.20. The van der Waals surface area contributed by atoms with Gasteiger partial charge in [0.2, 0.25) is 5.91 Å². The quantitative estimate of drug-likeness (QED) is 0.209. The third kappa shape index (κ3) is 11.8. The number of carbonyl (C=O) groups excluding carboxylic acids is 4. The molecule has 3 N–H and O–H groups in total. The van der Waals surface area contributed by atoms with E-state index in [1.54, 1.807) is 39.0 Å². The normalized spacial score (nSPS) is 11.7. The van der Waals surface area contributed by atoms with E-state index in [-0.39, 0.29) is 32.0 Å². The Morgan fingerprint density at radius 2 is 1.81 bits per heavy atom. The van der Waals surface area contributed by atoms with E-state index in [0.29, 0.717) is 18.5 Å². The Kier molecular flexibility index (Phi) is 11.9. The van der Waals surface area contributed by atoms with Gasteiger partial charge in [0.05, 0.1) is 7.11 Å². The number of nitrogens with one attached hydrogen (secondary N) is 3. The number of aryl methyl sites for hydroxylation is 1. The van der Waals surface area contributed by atoms with Crippen LogP contribution >= 0.6 is 11.3 Å². The maximum absolute atomic E-state index is 13.1. The lowest BCUT2D eigenvalue weighted by atomic mass is 10.1. The van der Waals surface area contributed by atoms with Gasteiger partial charge in [-0.05, 0) is 68.5 Å². The minimum absolute atomic E-state index is 0.164. The van der Waals surface area contributed by atoms with E-state index in [9.17, 15) is 19.2 Å². The summed E-state index contributed by atoms with van der Waals surface area (Å²) in [4.78, 5) is 49.0.